The molecule has 156 valence electrons. The van der Waals surface area contributed by atoms with Crippen LogP contribution < -0.4 is 9.47 Å². The SMILES string of the molecule is COc1cc(C(=O)N2CCC[C@H](c3nc4ccccc4[nH]3)C2)c([N+](=O)[O-])cc1OC. The van der Waals surface area contributed by atoms with Crippen LogP contribution in [0.2, 0.25) is 0 Å². The lowest BCUT2D eigenvalue weighted by Gasteiger charge is -2.32. The molecule has 4 rings (SSSR count). The zero-order valence-electron chi connectivity index (χ0n) is 16.8. The van der Waals surface area contributed by atoms with E-state index in [0.29, 0.717) is 13.1 Å². The molecular formula is C21H22N4O5. The van der Waals surface area contributed by atoms with Gasteiger partial charge in [0.1, 0.15) is 11.4 Å². The summed E-state index contributed by atoms with van der Waals surface area (Å²) < 4.78 is 10.4. The van der Waals surface area contributed by atoms with E-state index in [1.165, 1.54) is 26.4 Å². The number of nitro benzene ring substituents is 1. The number of imidazole rings is 1. The topological polar surface area (TPSA) is 111 Å². The molecule has 30 heavy (non-hydrogen) atoms. The Labute approximate surface area is 172 Å². The van der Waals surface area contributed by atoms with Crippen molar-refractivity contribution in [3.63, 3.8) is 0 Å². The number of hydrogen-bond donors (Lipinski definition) is 1. The van der Waals surface area contributed by atoms with Crippen molar-refractivity contribution in [3.05, 3.63) is 57.9 Å². The number of H-pyrrole nitrogens is 1. The Hall–Kier alpha value is -3.62. The molecule has 3 aromatic rings. The van der Waals surface area contributed by atoms with Gasteiger partial charge in [-0.05, 0) is 25.0 Å². The van der Waals surface area contributed by atoms with Gasteiger partial charge >= 0.3 is 0 Å². The summed E-state index contributed by atoms with van der Waals surface area (Å²) in [6.07, 6.45) is 1.67. The molecule has 0 aliphatic carbocycles. The summed E-state index contributed by atoms with van der Waals surface area (Å²) in [5.74, 6) is 0.949. The van der Waals surface area contributed by atoms with E-state index in [-0.39, 0.29) is 28.7 Å². The van der Waals surface area contributed by atoms with E-state index in [2.05, 4.69) is 9.97 Å². The smallest absolute Gasteiger partial charge is 0.286 e. The summed E-state index contributed by atoms with van der Waals surface area (Å²) in [7, 11) is 2.82. The minimum absolute atomic E-state index is 0.0112. The summed E-state index contributed by atoms with van der Waals surface area (Å²) in [5.41, 5.74) is 1.52. The number of para-hydroxylation sites is 2. The molecule has 0 spiro atoms. The number of piperidine rings is 1. The predicted octanol–water partition coefficient (Wildman–Crippen LogP) is 3.51. The maximum atomic E-state index is 13.2. The highest BCUT2D eigenvalue weighted by atomic mass is 16.6. The number of benzene rings is 2. The number of likely N-dealkylation sites (tertiary alicyclic amines) is 1. The second-order valence-electron chi connectivity index (χ2n) is 7.21. The Morgan fingerprint density at radius 1 is 1.23 bits per heavy atom. The molecule has 0 unspecified atom stereocenters. The van der Waals surface area contributed by atoms with Gasteiger partial charge in [-0.25, -0.2) is 4.98 Å². The molecule has 1 atom stereocenters. The Balaban J connectivity index is 1.63. The second-order valence-corrected chi connectivity index (χ2v) is 7.21. The highest BCUT2D eigenvalue weighted by molar-refractivity contribution is 5.99. The summed E-state index contributed by atoms with van der Waals surface area (Å²) in [4.78, 5) is 33.9. The maximum absolute atomic E-state index is 13.2. The van der Waals surface area contributed by atoms with Crippen molar-refractivity contribution < 1.29 is 19.2 Å². The van der Waals surface area contributed by atoms with Crippen LogP contribution in [0.4, 0.5) is 5.69 Å². The highest BCUT2D eigenvalue weighted by Gasteiger charge is 2.32. The van der Waals surface area contributed by atoms with E-state index in [1.54, 1.807) is 4.90 Å². The third-order valence-corrected chi connectivity index (χ3v) is 5.43. The third kappa shape index (κ3) is 3.54. The van der Waals surface area contributed by atoms with Crippen molar-refractivity contribution in [2.75, 3.05) is 27.3 Å². The standard InChI is InChI=1S/C21H22N4O5/c1-29-18-10-14(17(25(27)28)11-19(18)30-2)21(26)24-9-5-6-13(12-24)20-22-15-7-3-4-8-16(15)23-20/h3-4,7-8,10-11,13H,5-6,9,12H2,1-2H3,(H,22,23)/t13-/m0/s1. The minimum atomic E-state index is -0.574. The monoisotopic (exact) mass is 410 g/mol. The molecule has 1 aliphatic heterocycles. The molecule has 0 radical (unpaired) electrons. The van der Waals surface area contributed by atoms with E-state index in [9.17, 15) is 14.9 Å². The maximum Gasteiger partial charge on any atom is 0.286 e. The molecule has 9 heteroatoms. The van der Waals surface area contributed by atoms with Gasteiger partial charge in [-0.3, -0.25) is 14.9 Å². The minimum Gasteiger partial charge on any atom is -0.493 e. The first-order valence-corrected chi connectivity index (χ1v) is 9.66. The number of nitrogens with zero attached hydrogens (tertiary/aromatic N) is 3. The first-order chi connectivity index (χ1) is 14.5. The van der Waals surface area contributed by atoms with Gasteiger partial charge in [0.05, 0.1) is 36.2 Å². The van der Waals surface area contributed by atoms with Gasteiger partial charge in [-0.15, -0.1) is 0 Å². The number of amides is 1. The number of methoxy groups -OCH3 is 2. The fourth-order valence-corrected chi connectivity index (χ4v) is 3.91. The van der Waals surface area contributed by atoms with Crippen LogP contribution in [0.1, 0.15) is 34.9 Å². The normalized spacial score (nSPS) is 16.5. The number of nitrogens with one attached hydrogen (secondary N) is 1. The zero-order valence-corrected chi connectivity index (χ0v) is 16.8. The Morgan fingerprint density at radius 3 is 2.67 bits per heavy atom. The lowest BCUT2D eigenvalue weighted by Crippen LogP contribution is -2.39. The van der Waals surface area contributed by atoms with Crippen LogP contribution in [0, 0.1) is 10.1 Å². The molecule has 1 aromatic heterocycles. The van der Waals surface area contributed by atoms with Crippen LogP contribution in [-0.2, 0) is 0 Å². The number of nitro groups is 1. The molecule has 2 aromatic carbocycles. The van der Waals surface area contributed by atoms with E-state index < -0.39 is 10.8 Å². The van der Waals surface area contributed by atoms with Crippen molar-refractivity contribution >= 4 is 22.6 Å². The fourth-order valence-electron chi connectivity index (χ4n) is 3.91. The van der Waals surface area contributed by atoms with Gasteiger partial charge in [-0.1, -0.05) is 12.1 Å². The van der Waals surface area contributed by atoms with Crippen molar-refractivity contribution in [3.8, 4) is 11.5 Å². The van der Waals surface area contributed by atoms with E-state index in [4.69, 9.17) is 9.47 Å². The average Bonchev–Trinajstić information content (AvgIpc) is 3.22. The van der Waals surface area contributed by atoms with Crippen molar-refractivity contribution in [1.82, 2.24) is 14.9 Å². The van der Waals surface area contributed by atoms with Crippen LogP contribution >= 0.6 is 0 Å². The third-order valence-electron chi connectivity index (χ3n) is 5.43. The van der Waals surface area contributed by atoms with E-state index >= 15 is 0 Å². The van der Waals surface area contributed by atoms with Crippen molar-refractivity contribution in [2.45, 2.75) is 18.8 Å². The number of ether oxygens (including phenoxy) is 2. The van der Waals surface area contributed by atoms with Gasteiger partial charge in [0.15, 0.2) is 11.5 Å². The number of carbonyl (C=O) groups excluding carboxylic acids is 1. The number of aromatic nitrogens is 2. The number of carbonyl (C=O) groups is 1. The first kappa shape index (κ1) is 19.7. The number of fused-ring (bicyclic) bond motifs is 1. The average molecular weight is 410 g/mol. The molecular weight excluding hydrogens is 388 g/mol. The van der Waals surface area contributed by atoms with Crippen LogP contribution in [0.3, 0.4) is 0 Å². The lowest BCUT2D eigenvalue weighted by molar-refractivity contribution is -0.385. The Bertz CT molecular complexity index is 1080. The first-order valence-electron chi connectivity index (χ1n) is 9.66. The van der Waals surface area contributed by atoms with Gasteiger partial charge in [0, 0.05) is 25.1 Å². The fraction of sp³-hybridized carbons (Fsp3) is 0.333. The molecule has 0 saturated carbocycles. The van der Waals surface area contributed by atoms with Crippen molar-refractivity contribution in [1.29, 1.82) is 0 Å². The Morgan fingerprint density at radius 2 is 1.97 bits per heavy atom. The highest BCUT2D eigenvalue weighted by Crippen LogP contribution is 2.36. The quantitative estimate of drug-likeness (QED) is 0.509. The summed E-state index contributed by atoms with van der Waals surface area (Å²) >= 11 is 0. The summed E-state index contributed by atoms with van der Waals surface area (Å²) in [5, 5.41) is 11.6. The molecule has 1 N–H and O–H groups in total. The van der Waals surface area contributed by atoms with Gasteiger partial charge < -0.3 is 19.4 Å². The molecule has 9 nitrogen and oxygen atoms in total. The summed E-state index contributed by atoms with van der Waals surface area (Å²) in [6, 6.07) is 10.4. The van der Waals surface area contributed by atoms with Gasteiger partial charge in [-0.2, -0.15) is 0 Å². The zero-order chi connectivity index (χ0) is 21.3. The number of rotatable bonds is 5. The van der Waals surface area contributed by atoms with Crippen LogP contribution in [0.25, 0.3) is 11.0 Å². The molecule has 1 aliphatic rings. The van der Waals surface area contributed by atoms with E-state index in [0.717, 1.165) is 29.7 Å². The lowest BCUT2D eigenvalue weighted by atomic mass is 9.96. The van der Waals surface area contributed by atoms with Crippen molar-refractivity contribution in [2.24, 2.45) is 0 Å². The molecule has 1 saturated heterocycles. The van der Waals surface area contributed by atoms with Crippen LogP contribution in [-0.4, -0.2) is 53.0 Å². The van der Waals surface area contributed by atoms with Crippen LogP contribution in [0.15, 0.2) is 36.4 Å². The molecule has 1 fully saturated rings. The Kier molecular flexibility index (Phi) is 5.26. The number of aromatic amines is 1. The van der Waals surface area contributed by atoms with Gasteiger partial charge in [0.2, 0.25) is 0 Å². The second kappa shape index (κ2) is 8.02. The van der Waals surface area contributed by atoms with Crippen LogP contribution in [0.5, 0.6) is 11.5 Å². The van der Waals surface area contributed by atoms with E-state index in [1.807, 2.05) is 24.3 Å². The predicted molar refractivity (Wildman–Crippen MR) is 110 cm³/mol. The molecule has 2 heterocycles. The number of hydrogen-bond acceptors (Lipinski definition) is 6. The molecule has 0 bridgehead atoms. The van der Waals surface area contributed by atoms with Gasteiger partial charge in [0.25, 0.3) is 11.6 Å². The largest absolute Gasteiger partial charge is 0.493 e. The summed E-state index contributed by atoms with van der Waals surface area (Å²) in [6.45, 7) is 0.964. The molecule has 1 amide bonds.